The quantitative estimate of drug-likeness (QED) is 0.844. The Labute approximate surface area is 136 Å². The molecule has 0 aliphatic rings. The molecule has 0 saturated carbocycles. The Bertz CT molecular complexity index is 699. The highest BCUT2D eigenvalue weighted by Crippen LogP contribution is 2.36. The third kappa shape index (κ3) is 4.89. The van der Waals surface area contributed by atoms with Crippen molar-refractivity contribution in [3.05, 3.63) is 58.6 Å². The molecule has 0 aliphatic carbocycles. The number of amides is 1. The molecular weight excluding hydrogens is 329 g/mol. The Morgan fingerprint density at radius 1 is 1.09 bits per heavy atom. The van der Waals surface area contributed by atoms with Crippen LogP contribution in [-0.4, -0.2) is 12.5 Å². The first-order valence-electron chi connectivity index (χ1n) is 6.73. The Hall–Kier alpha value is -2.21. The van der Waals surface area contributed by atoms with Gasteiger partial charge >= 0.3 is 6.18 Å². The number of nitrogens with one attached hydrogen (secondary N) is 2. The third-order valence-electron chi connectivity index (χ3n) is 3.06. The molecule has 2 aromatic rings. The molecule has 0 bridgehead atoms. The molecule has 7 heteroatoms. The number of carbonyl (C=O) groups is 1. The molecule has 0 radical (unpaired) electrons. The monoisotopic (exact) mass is 342 g/mol. The fourth-order valence-corrected chi connectivity index (χ4v) is 2.10. The summed E-state index contributed by atoms with van der Waals surface area (Å²) in [6, 6.07) is 10.6. The normalized spacial score (nSPS) is 11.2. The summed E-state index contributed by atoms with van der Waals surface area (Å²) in [6.07, 6.45) is -4.57. The zero-order chi connectivity index (χ0) is 17.0. The highest BCUT2D eigenvalue weighted by Gasteiger charge is 2.33. The molecule has 0 aromatic heterocycles. The molecule has 23 heavy (non-hydrogen) atoms. The lowest BCUT2D eigenvalue weighted by Crippen LogP contribution is -2.22. The van der Waals surface area contributed by atoms with Crippen LogP contribution in [0.15, 0.2) is 42.5 Å². The molecule has 2 rings (SSSR count). The summed E-state index contributed by atoms with van der Waals surface area (Å²) in [5, 5.41) is 4.88. The van der Waals surface area contributed by atoms with Crippen LogP contribution < -0.4 is 10.6 Å². The zero-order valence-electron chi connectivity index (χ0n) is 12.2. The number of rotatable bonds is 4. The van der Waals surface area contributed by atoms with Gasteiger partial charge in [0.2, 0.25) is 5.91 Å². The summed E-state index contributed by atoms with van der Waals surface area (Å²) >= 11 is 5.53. The number of alkyl halides is 3. The molecular formula is C16H14ClF3N2O. The van der Waals surface area contributed by atoms with Gasteiger partial charge in [-0.1, -0.05) is 29.3 Å². The van der Waals surface area contributed by atoms with Crippen LogP contribution in [0.2, 0.25) is 5.02 Å². The van der Waals surface area contributed by atoms with Gasteiger partial charge in [-0.15, -0.1) is 0 Å². The van der Waals surface area contributed by atoms with Gasteiger partial charge in [0.25, 0.3) is 0 Å². The van der Waals surface area contributed by atoms with Crippen LogP contribution in [0.3, 0.4) is 0 Å². The maximum Gasteiger partial charge on any atom is 0.417 e. The van der Waals surface area contributed by atoms with Crippen molar-refractivity contribution in [3.63, 3.8) is 0 Å². The molecule has 1 amide bonds. The van der Waals surface area contributed by atoms with E-state index in [1.165, 1.54) is 6.07 Å². The van der Waals surface area contributed by atoms with Crippen molar-refractivity contribution in [2.75, 3.05) is 17.2 Å². The van der Waals surface area contributed by atoms with Crippen molar-refractivity contribution in [3.8, 4) is 0 Å². The van der Waals surface area contributed by atoms with Crippen molar-refractivity contribution >= 4 is 28.9 Å². The summed E-state index contributed by atoms with van der Waals surface area (Å²) in [5.41, 5.74) is 0.888. The number of benzene rings is 2. The third-order valence-corrected chi connectivity index (χ3v) is 3.39. The number of anilines is 2. The minimum Gasteiger partial charge on any atom is -0.376 e. The Kier molecular flexibility index (Phi) is 5.15. The van der Waals surface area contributed by atoms with E-state index in [4.69, 9.17) is 11.6 Å². The first kappa shape index (κ1) is 17.1. The second-order valence-corrected chi connectivity index (χ2v) is 5.37. The summed E-state index contributed by atoms with van der Waals surface area (Å²) < 4.78 is 38.3. The van der Waals surface area contributed by atoms with Crippen molar-refractivity contribution in [1.29, 1.82) is 0 Å². The van der Waals surface area contributed by atoms with E-state index >= 15 is 0 Å². The van der Waals surface area contributed by atoms with Gasteiger partial charge in [-0.05, 0) is 37.3 Å². The van der Waals surface area contributed by atoms with Gasteiger partial charge in [-0.3, -0.25) is 4.79 Å². The van der Waals surface area contributed by atoms with Crippen molar-refractivity contribution in [2.24, 2.45) is 0 Å². The molecule has 0 atom stereocenters. The van der Waals surface area contributed by atoms with E-state index in [9.17, 15) is 18.0 Å². The molecule has 3 nitrogen and oxygen atoms in total. The molecule has 2 N–H and O–H groups in total. The zero-order valence-corrected chi connectivity index (χ0v) is 12.9. The van der Waals surface area contributed by atoms with E-state index < -0.39 is 22.7 Å². The Balaban J connectivity index is 1.99. The van der Waals surface area contributed by atoms with Crippen LogP contribution in [0.1, 0.15) is 11.1 Å². The smallest absolute Gasteiger partial charge is 0.376 e. The molecule has 0 spiro atoms. The summed E-state index contributed by atoms with van der Waals surface area (Å²) in [4.78, 5) is 11.8. The highest BCUT2D eigenvalue weighted by molar-refractivity contribution is 6.31. The van der Waals surface area contributed by atoms with E-state index in [0.29, 0.717) is 0 Å². The van der Waals surface area contributed by atoms with E-state index in [2.05, 4.69) is 10.6 Å². The van der Waals surface area contributed by atoms with Crippen LogP contribution in [0.5, 0.6) is 0 Å². The van der Waals surface area contributed by atoms with Gasteiger partial charge in [0, 0.05) is 11.4 Å². The van der Waals surface area contributed by atoms with Crippen LogP contribution in [-0.2, 0) is 11.0 Å². The maximum absolute atomic E-state index is 12.8. The fraction of sp³-hybridized carbons (Fsp3) is 0.188. The lowest BCUT2D eigenvalue weighted by atomic mass is 10.2. The minimum absolute atomic E-state index is 0.0393. The van der Waals surface area contributed by atoms with E-state index in [1.807, 2.05) is 31.2 Å². The van der Waals surface area contributed by atoms with Gasteiger partial charge in [-0.2, -0.15) is 13.2 Å². The maximum atomic E-state index is 12.8. The Morgan fingerprint density at radius 3 is 2.30 bits per heavy atom. The van der Waals surface area contributed by atoms with Gasteiger partial charge in [0.05, 0.1) is 17.1 Å². The second-order valence-electron chi connectivity index (χ2n) is 4.96. The Morgan fingerprint density at radius 2 is 1.70 bits per heavy atom. The van der Waals surface area contributed by atoms with Gasteiger partial charge < -0.3 is 10.6 Å². The standard InChI is InChI=1S/C16H14ClF3N2O/c1-10-2-4-11(5-3-10)21-9-15(23)22-12-6-7-14(17)13(8-12)16(18,19)20/h2-8,21H,9H2,1H3,(H,22,23). The molecule has 0 unspecified atom stereocenters. The van der Waals surface area contributed by atoms with Crippen molar-refractivity contribution in [1.82, 2.24) is 0 Å². The largest absolute Gasteiger partial charge is 0.417 e. The molecule has 0 fully saturated rings. The van der Waals surface area contributed by atoms with Crippen LogP contribution in [0.25, 0.3) is 0 Å². The van der Waals surface area contributed by atoms with Crippen molar-refractivity contribution < 1.29 is 18.0 Å². The molecule has 2 aromatic carbocycles. The number of aryl methyl sites for hydroxylation is 1. The molecule has 0 saturated heterocycles. The highest BCUT2D eigenvalue weighted by atomic mass is 35.5. The average Bonchev–Trinajstić information content (AvgIpc) is 2.47. The fourth-order valence-electron chi connectivity index (χ4n) is 1.88. The predicted octanol–water partition coefficient (Wildman–Crippen LogP) is 4.72. The lowest BCUT2D eigenvalue weighted by molar-refractivity contribution is -0.137. The lowest BCUT2D eigenvalue weighted by Gasteiger charge is -2.12. The van der Waals surface area contributed by atoms with Crippen LogP contribution in [0.4, 0.5) is 24.5 Å². The van der Waals surface area contributed by atoms with Crippen molar-refractivity contribution in [2.45, 2.75) is 13.1 Å². The predicted molar refractivity (Wildman–Crippen MR) is 84.8 cm³/mol. The van der Waals surface area contributed by atoms with Gasteiger partial charge in [-0.25, -0.2) is 0 Å². The summed E-state index contributed by atoms with van der Waals surface area (Å²) in [7, 11) is 0. The number of carbonyl (C=O) groups excluding carboxylic acids is 1. The van der Waals surface area contributed by atoms with Gasteiger partial charge in [0.15, 0.2) is 0 Å². The first-order chi connectivity index (χ1) is 10.8. The number of hydrogen-bond acceptors (Lipinski definition) is 2. The van der Waals surface area contributed by atoms with E-state index in [1.54, 1.807) is 0 Å². The van der Waals surface area contributed by atoms with E-state index in [-0.39, 0.29) is 12.2 Å². The second kappa shape index (κ2) is 6.91. The first-order valence-corrected chi connectivity index (χ1v) is 7.10. The van der Waals surface area contributed by atoms with E-state index in [0.717, 1.165) is 23.4 Å². The van der Waals surface area contributed by atoms with Crippen LogP contribution >= 0.6 is 11.6 Å². The number of halogens is 4. The summed E-state index contributed by atoms with van der Waals surface area (Å²) in [5.74, 6) is -0.457. The number of hydrogen-bond donors (Lipinski definition) is 2. The average molecular weight is 343 g/mol. The molecule has 0 aliphatic heterocycles. The minimum atomic E-state index is -4.57. The SMILES string of the molecule is Cc1ccc(NCC(=O)Nc2ccc(Cl)c(C(F)(F)F)c2)cc1. The summed E-state index contributed by atoms with van der Waals surface area (Å²) in [6.45, 7) is 1.88. The van der Waals surface area contributed by atoms with Crippen LogP contribution in [0, 0.1) is 6.92 Å². The van der Waals surface area contributed by atoms with Gasteiger partial charge in [0.1, 0.15) is 0 Å². The molecule has 0 heterocycles. The topological polar surface area (TPSA) is 41.1 Å². The molecule has 122 valence electrons.